The van der Waals surface area contributed by atoms with Gasteiger partial charge in [-0.05, 0) is 24.6 Å². The van der Waals surface area contributed by atoms with Crippen molar-refractivity contribution in [2.75, 3.05) is 5.75 Å². The fourth-order valence-corrected chi connectivity index (χ4v) is 2.63. The number of aromatic nitrogens is 2. The molecule has 7 heteroatoms. The number of rotatable bonds is 3. The van der Waals surface area contributed by atoms with Crippen LogP contribution in [-0.2, 0) is 13.2 Å². The Morgan fingerprint density at radius 3 is 2.62 bits per heavy atom. The van der Waals surface area contributed by atoms with Gasteiger partial charge in [-0.2, -0.15) is 23.5 Å². The lowest BCUT2D eigenvalue weighted by Gasteiger charge is -2.07. The van der Waals surface area contributed by atoms with E-state index in [9.17, 15) is 13.2 Å². The van der Waals surface area contributed by atoms with Crippen LogP contribution in [0.25, 0.3) is 11.3 Å². The third kappa shape index (κ3) is 3.39. The van der Waals surface area contributed by atoms with E-state index in [0.29, 0.717) is 17.0 Å². The van der Waals surface area contributed by atoms with Gasteiger partial charge in [0.25, 0.3) is 0 Å². The molecular weight excluding hydrogens is 299 g/mol. The average molecular weight is 311 g/mol. The van der Waals surface area contributed by atoms with E-state index < -0.39 is 11.9 Å². The molecule has 21 heavy (non-hydrogen) atoms. The Balaban J connectivity index is 2.43. The monoisotopic (exact) mass is 311 g/mol. The lowest BCUT2D eigenvalue weighted by atomic mass is 10.1. The van der Waals surface area contributed by atoms with Crippen molar-refractivity contribution in [2.45, 2.75) is 18.0 Å². The second kappa shape index (κ2) is 5.82. The number of hydrogen-bond donors (Lipinski definition) is 0. The molecule has 1 aromatic heterocycles. The summed E-state index contributed by atoms with van der Waals surface area (Å²) >= 11 is 1.36. The maximum absolute atomic E-state index is 12.7. The van der Waals surface area contributed by atoms with Gasteiger partial charge < -0.3 is 0 Å². The van der Waals surface area contributed by atoms with Gasteiger partial charge in [-0.3, -0.25) is 4.68 Å². The quantitative estimate of drug-likeness (QED) is 0.804. The average Bonchev–Trinajstić information content (AvgIpc) is 2.80. The van der Waals surface area contributed by atoms with Crippen LogP contribution in [0.2, 0.25) is 0 Å². The maximum atomic E-state index is 12.7. The van der Waals surface area contributed by atoms with Crippen LogP contribution in [-0.4, -0.2) is 15.5 Å². The molecule has 0 bridgehead atoms. The van der Waals surface area contributed by atoms with Crippen LogP contribution in [0.15, 0.2) is 29.2 Å². The molecule has 1 aromatic carbocycles. The molecule has 0 aliphatic carbocycles. The minimum atomic E-state index is -4.46. The molecule has 2 aromatic rings. The highest BCUT2D eigenvalue weighted by molar-refractivity contribution is 7.99. The van der Waals surface area contributed by atoms with Crippen molar-refractivity contribution in [1.29, 1.82) is 5.26 Å². The minimum absolute atomic E-state index is 0.295. The summed E-state index contributed by atoms with van der Waals surface area (Å²) in [5.74, 6) is 0.295. The Morgan fingerprint density at radius 1 is 1.33 bits per heavy atom. The van der Waals surface area contributed by atoms with Crippen molar-refractivity contribution < 1.29 is 13.2 Å². The molecule has 0 unspecified atom stereocenters. The highest BCUT2D eigenvalue weighted by Crippen LogP contribution is 2.33. The van der Waals surface area contributed by atoms with Crippen molar-refractivity contribution in [2.24, 2.45) is 7.05 Å². The van der Waals surface area contributed by atoms with Crippen molar-refractivity contribution >= 4 is 11.8 Å². The molecule has 0 saturated heterocycles. The summed E-state index contributed by atoms with van der Waals surface area (Å²) in [5, 5.41) is 12.1. The second-order valence-corrected chi connectivity index (χ2v) is 5.48. The van der Waals surface area contributed by atoms with Gasteiger partial charge in [0.05, 0.1) is 17.5 Å². The van der Waals surface area contributed by atoms with Crippen LogP contribution in [0, 0.1) is 18.3 Å². The summed E-state index contributed by atoms with van der Waals surface area (Å²) in [7, 11) is 1.48. The number of benzene rings is 1. The number of alkyl halides is 3. The summed E-state index contributed by atoms with van der Waals surface area (Å²) in [4.78, 5) is 0.879. The normalized spacial score (nSPS) is 11.4. The zero-order valence-corrected chi connectivity index (χ0v) is 12.2. The first-order valence-corrected chi connectivity index (χ1v) is 7.03. The zero-order valence-electron chi connectivity index (χ0n) is 11.4. The molecule has 0 aliphatic heterocycles. The van der Waals surface area contributed by atoms with Crippen LogP contribution in [0.4, 0.5) is 13.2 Å². The van der Waals surface area contributed by atoms with E-state index in [0.717, 1.165) is 16.5 Å². The summed E-state index contributed by atoms with van der Waals surface area (Å²) in [6.45, 7) is 1.90. The lowest BCUT2D eigenvalue weighted by molar-refractivity contribution is -0.141. The largest absolute Gasteiger partial charge is 0.435 e. The molecule has 2 rings (SSSR count). The summed E-state index contributed by atoms with van der Waals surface area (Å²) < 4.78 is 39.3. The van der Waals surface area contributed by atoms with E-state index in [-0.39, 0.29) is 0 Å². The van der Waals surface area contributed by atoms with Gasteiger partial charge in [-0.1, -0.05) is 12.1 Å². The summed E-state index contributed by atoms with van der Waals surface area (Å²) in [6.07, 6.45) is -4.46. The number of hydrogen-bond acceptors (Lipinski definition) is 3. The number of nitriles is 1. The third-order valence-electron chi connectivity index (χ3n) is 2.95. The second-order valence-electron chi connectivity index (χ2n) is 4.46. The van der Waals surface area contributed by atoms with Crippen LogP contribution < -0.4 is 0 Å². The zero-order chi connectivity index (χ0) is 15.6. The smallest absolute Gasteiger partial charge is 0.267 e. The van der Waals surface area contributed by atoms with Gasteiger partial charge in [-0.25, -0.2) is 0 Å². The maximum Gasteiger partial charge on any atom is 0.435 e. The van der Waals surface area contributed by atoms with Crippen LogP contribution in [0.3, 0.4) is 0 Å². The Bertz CT molecular complexity index is 698. The first kappa shape index (κ1) is 15.4. The van der Waals surface area contributed by atoms with Gasteiger partial charge in [0, 0.05) is 17.5 Å². The Hall–Kier alpha value is -1.94. The molecule has 0 saturated carbocycles. The number of nitrogens with zero attached hydrogens (tertiary/aromatic N) is 3. The minimum Gasteiger partial charge on any atom is -0.267 e. The predicted octanol–water partition coefficient (Wildman–Crippen LogP) is 4.03. The van der Waals surface area contributed by atoms with Crippen LogP contribution >= 0.6 is 11.8 Å². The Kier molecular flexibility index (Phi) is 4.28. The summed E-state index contributed by atoms with van der Waals surface area (Å²) in [6, 6.07) is 8.43. The molecule has 0 spiro atoms. The first-order valence-electron chi connectivity index (χ1n) is 6.05. The van der Waals surface area contributed by atoms with E-state index in [1.54, 1.807) is 12.1 Å². The highest BCUT2D eigenvalue weighted by Gasteiger charge is 2.34. The first-order chi connectivity index (χ1) is 9.82. The van der Waals surface area contributed by atoms with Crippen LogP contribution in [0.5, 0.6) is 0 Å². The topological polar surface area (TPSA) is 41.6 Å². The third-order valence-corrected chi connectivity index (χ3v) is 3.97. The molecule has 0 radical (unpaired) electrons. The molecule has 0 N–H and O–H groups in total. The van der Waals surface area contributed by atoms with E-state index in [4.69, 9.17) is 5.26 Å². The van der Waals surface area contributed by atoms with Crippen molar-refractivity contribution in [3.63, 3.8) is 0 Å². The molecular formula is C14H12F3N3S. The highest BCUT2D eigenvalue weighted by atomic mass is 32.2. The van der Waals surface area contributed by atoms with E-state index in [1.807, 2.05) is 19.1 Å². The van der Waals surface area contributed by atoms with Gasteiger partial charge >= 0.3 is 6.18 Å². The van der Waals surface area contributed by atoms with Crippen molar-refractivity contribution in [3.05, 3.63) is 35.5 Å². The molecule has 0 aliphatic rings. The fourth-order valence-electron chi connectivity index (χ4n) is 1.90. The van der Waals surface area contributed by atoms with Crippen molar-refractivity contribution in [1.82, 2.24) is 9.78 Å². The van der Waals surface area contributed by atoms with Gasteiger partial charge in [0.1, 0.15) is 0 Å². The number of halogens is 3. The standard InChI is InChI=1S/C14H12F3N3S/c1-9-3-4-10(7-12(9)21-6-5-18)11-8-13(14(15,16)17)19-20(11)2/h3-4,7-8H,6H2,1-2H3. The fraction of sp³-hybridized carbons (Fsp3) is 0.286. The SMILES string of the molecule is Cc1ccc(-c2cc(C(F)(F)F)nn2C)cc1SCC#N. The van der Waals surface area contributed by atoms with E-state index >= 15 is 0 Å². The van der Waals surface area contributed by atoms with Gasteiger partial charge in [0.15, 0.2) is 5.69 Å². The van der Waals surface area contributed by atoms with Gasteiger partial charge in [-0.15, -0.1) is 11.8 Å². The molecule has 0 amide bonds. The summed E-state index contributed by atoms with van der Waals surface area (Å²) in [5.41, 5.74) is 1.11. The predicted molar refractivity (Wildman–Crippen MR) is 74.7 cm³/mol. The molecule has 3 nitrogen and oxygen atoms in total. The van der Waals surface area contributed by atoms with E-state index in [2.05, 4.69) is 5.10 Å². The van der Waals surface area contributed by atoms with Crippen molar-refractivity contribution in [3.8, 4) is 17.3 Å². The number of aryl methyl sites for hydroxylation is 2. The van der Waals surface area contributed by atoms with Crippen LogP contribution in [0.1, 0.15) is 11.3 Å². The molecule has 0 fully saturated rings. The van der Waals surface area contributed by atoms with Gasteiger partial charge in [0.2, 0.25) is 0 Å². The molecule has 1 heterocycles. The Morgan fingerprint density at radius 2 is 2.05 bits per heavy atom. The Labute approximate surface area is 124 Å². The number of thioether (sulfide) groups is 1. The van der Waals surface area contributed by atoms with E-state index in [1.165, 1.54) is 23.5 Å². The lowest BCUT2D eigenvalue weighted by Crippen LogP contribution is -2.06. The molecule has 0 atom stereocenters. The molecule has 110 valence electrons.